The molecule has 0 aliphatic carbocycles. The molecule has 1 N–H and O–H groups in total. The van der Waals surface area contributed by atoms with Crippen LogP contribution in [0.15, 0.2) is 24.3 Å². The highest BCUT2D eigenvalue weighted by molar-refractivity contribution is 5.22. The minimum atomic E-state index is 0.639. The zero-order valence-corrected chi connectivity index (χ0v) is 9.51. The van der Waals surface area contributed by atoms with Gasteiger partial charge in [-0.2, -0.15) is 0 Å². The van der Waals surface area contributed by atoms with Gasteiger partial charge < -0.3 is 5.32 Å². The molecule has 1 aromatic rings. The summed E-state index contributed by atoms with van der Waals surface area (Å²) < 4.78 is 0. The number of hydrogen-bond acceptors (Lipinski definition) is 1. The van der Waals surface area contributed by atoms with Gasteiger partial charge in [0, 0.05) is 6.04 Å². The van der Waals surface area contributed by atoms with Crippen molar-refractivity contribution in [2.24, 2.45) is 0 Å². The van der Waals surface area contributed by atoms with Gasteiger partial charge in [0.05, 0.1) is 0 Å². The number of benzene rings is 1. The lowest BCUT2D eigenvalue weighted by atomic mass is 10.1. The molecule has 1 heteroatoms. The second kappa shape index (κ2) is 5.82. The van der Waals surface area contributed by atoms with Crippen molar-refractivity contribution in [3.8, 4) is 0 Å². The summed E-state index contributed by atoms with van der Waals surface area (Å²) >= 11 is 0. The summed E-state index contributed by atoms with van der Waals surface area (Å²) in [5.74, 6) is 0. The lowest BCUT2D eigenvalue weighted by Crippen LogP contribution is -2.27. The van der Waals surface area contributed by atoms with Crippen LogP contribution in [0.3, 0.4) is 0 Å². The molecule has 1 aromatic carbocycles. The van der Waals surface area contributed by atoms with Crippen LogP contribution >= 0.6 is 0 Å². The van der Waals surface area contributed by atoms with E-state index in [0.717, 1.165) is 13.0 Å². The Morgan fingerprint density at radius 1 is 1.36 bits per heavy atom. The second-order valence-corrected chi connectivity index (χ2v) is 4.00. The summed E-state index contributed by atoms with van der Waals surface area (Å²) in [5, 5.41) is 3.50. The Balaban J connectivity index is 2.31. The summed E-state index contributed by atoms with van der Waals surface area (Å²) in [5.41, 5.74) is 2.78. The SMILES string of the molecule is CC[C@H](C)NCCc1cccc(C)c1. The van der Waals surface area contributed by atoms with Crippen LogP contribution in [0, 0.1) is 6.92 Å². The Hall–Kier alpha value is -0.820. The van der Waals surface area contributed by atoms with Crippen molar-refractivity contribution in [1.29, 1.82) is 0 Å². The first-order valence-corrected chi connectivity index (χ1v) is 5.51. The minimum absolute atomic E-state index is 0.639. The van der Waals surface area contributed by atoms with Crippen LogP contribution in [0.4, 0.5) is 0 Å². The predicted molar refractivity (Wildman–Crippen MR) is 62.6 cm³/mol. The number of aryl methyl sites for hydroxylation is 1. The van der Waals surface area contributed by atoms with Crippen LogP contribution in [0.25, 0.3) is 0 Å². The summed E-state index contributed by atoms with van der Waals surface area (Å²) in [7, 11) is 0. The molecule has 0 saturated heterocycles. The zero-order chi connectivity index (χ0) is 10.4. The molecule has 1 atom stereocenters. The highest BCUT2D eigenvalue weighted by Crippen LogP contribution is 2.04. The maximum Gasteiger partial charge on any atom is 0.00362 e. The van der Waals surface area contributed by atoms with Gasteiger partial charge >= 0.3 is 0 Å². The third kappa shape index (κ3) is 3.93. The number of rotatable bonds is 5. The van der Waals surface area contributed by atoms with Crippen molar-refractivity contribution < 1.29 is 0 Å². The monoisotopic (exact) mass is 191 g/mol. The van der Waals surface area contributed by atoms with Gasteiger partial charge in [0.2, 0.25) is 0 Å². The highest BCUT2D eigenvalue weighted by atomic mass is 14.9. The topological polar surface area (TPSA) is 12.0 Å². The summed E-state index contributed by atoms with van der Waals surface area (Å²) in [6.45, 7) is 7.67. The first-order chi connectivity index (χ1) is 6.72. The summed E-state index contributed by atoms with van der Waals surface area (Å²) in [4.78, 5) is 0. The average Bonchev–Trinajstić information content (AvgIpc) is 2.17. The van der Waals surface area contributed by atoms with E-state index in [1.165, 1.54) is 17.5 Å². The molecule has 0 aliphatic rings. The van der Waals surface area contributed by atoms with Gasteiger partial charge in [-0.15, -0.1) is 0 Å². The standard InChI is InChI=1S/C13H21N/c1-4-12(3)14-9-8-13-7-5-6-11(2)10-13/h5-7,10,12,14H,4,8-9H2,1-3H3/t12-/m0/s1. The van der Waals surface area contributed by atoms with E-state index in [4.69, 9.17) is 0 Å². The highest BCUT2D eigenvalue weighted by Gasteiger charge is 1.97. The third-order valence-corrected chi connectivity index (χ3v) is 2.60. The van der Waals surface area contributed by atoms with E-state index in [1.807, 2.05) is 0 Å². The Kier molecular flexibility index (Phi) is 4.68. The minimum Gasteiger partial charge on any atom is -0.314 e. The molecule has 0 spiro atoms. The van der Waals surface area contributed by atoms with Crippen molar-refractivity contribution in [2.75, 3.05) is 6.54 Å². The maximum absolute atomic E-state index is 3.50. The molecular weight excluding hydrogens is 170 g/mol. The second-order valence-electron chi connectivity index (χ2n) is 4.00. The van der Waals surface area contributed by atoms with E-state index in [2.05, 4.69) is 50.4 Å². The van der Waals surface area contributed by atoms with Gasteiger partial charge in [0.15, 0.2) is 0 Å². The molecular formula is C13H21N. The molecule has 0 radical (unpaired) electrons. The molecule has 0 aromatic heterocycles. The normalized spacial score (nSPS) is 12.8. The lowest BCUT2D eigenvalue weighted by Gasteiger charge is -2.10. The molecule has 0 fully saturated rings. The molecule has 0 unspecified atom stereocenters. The number of nitrogens with one attached hydrogen (secondary N) is 1. The van der Waals surface area contributed by atoms with E-state index in [0.29, 0.717) is 6.04 Å². The Bertz CT molecular complexity index is 268. The number of hydrogen-bond donors (Lipinski definition) is 1. The van der Waals surface area contributed by atoms with Gasteiger partial charge in [0.25, 0.3) is 0 Å². The van der Waals surface area contributed by atoms with Crippen LogP contribution in [-0.4, -0.2) is 12.6 Å². The zero-order valence-electron chi connectivity index (χ0n) is 9.51. The molecule has 14 heavy (non-hydrogen) atoms. The van der Waals surface area contributed by atoms with Gasteiger partial charge in [-0.05, 0) is 38.8 Å². The Morgan fingerprint density at radius 2 is 2.14 bits per heavy atom. The molecule has 0 heterocycles. The van der Waals surface area contributed by atoms with Crippen molar-refractivity contribution in [1.82, 2.24) is 5.32 Å². The smallest absolute Gasteiger partial charge is 0.00362 e. The average molecular weight is 191 g/mol. The predicted octanol–water partition coefficient (Wildman–Crippen LogP) is 2.93. The molecule has 1 rings (SSSR count). The van der Waals surface area contributed by atoms with E-state index >= 15 is 0 Å². The van der Waals surface area contributed by atoms with Crippen LogP contribution in [0.1, 0.15) is 31.4 Å². The quantitative estimate of drug-likeness (QED) is 0.754. The van der Waals surface area contributed by atoms with Gasteiger partial charge in [0.1, 0.15) is 0 Å². The lowest BCUT2D eigenvalue weighted by molar-refractivity contribution is 0.537. The van der Waals surface area contributed by atoms with E-state index in [1.54, 1.807) is 0 Å². The fourth-order valence-corrected chi connectivity index (χ4v) is 1.47. The first-order valence-electron chi connectivity index (χ1n) is 5.51. The van der Waals surface area contributed by atoms with Crippen LogP contribution in [0.2, 0.25) is 0 Å². The Labute approximate surface area is 87.5 Å². The van der Waals surface area contributed by atoms with Crippen molar-refractivity contribution in [3.05, 3.63) is 35.4 Å². The van der Waals surface area contributed by atoms with Crippen molar-refractivity contribution in [3.63, 3.8) is 0 Å². The van der Waals surface area contributed by atoms with Crippen LogP contribution in [0.5, 0.6) is 0 Å². The van der Waals surface area contributed by atoms with Crippen LogP contribution < -0.4 is 5.32 Å². The fraction of sp³-hybridized carbons (Fsp3) is 0.538. The van der Waals surface area contributed by atoms with E-state index in [-0.39, 0.29) is 0 Å². The molecule has 0 bridgehead atoms. The third-order valence-electron chi connectivity index (χ3n) is 2.60. The maximum atomic E-state index is 3.50. The van der Waals surface area contributed by atoms with E-state index < -0.39 is 0 Å². The van der Waals surface area contributed by atoms with Crippen molar-refractivity contribution in [2.45, 2.75) is 39.7 Å². The fourth-order valence-electron chi connectivity index (χ4n) is 1.47. The molecule has 0 aliphatic heterocycles. The molecule has 78 valence electrons. The molecule has 0 amide bonds. The van der Waals surface area contributed by atoms with Gasteiger partial charge in [-0.25, -0.2) is 0 Å². The Morgan fingerprint density at radius 3 is 2.79 bits per heavy atom. The molecule has 0 saturated carbocycles. The summed E-state index contributed by atoms with van der Waals surface area (Å²) in [6, 6.07) is 9.38. The van der Waals surface area contributed by atoms with E-state index in [9.17, 15) is 0 Å². The van der Waals surface area contributed by atoms with Gasteiger partial charge in [-0.3, -0.25) is 0 Å². The first kappa shape index (κ1) is 11.3. The van der Waals surface area contributed by atoms with Gasteiger partial charge in [-0.1, -0.05) is 36.8 Å². The largest absolute Gasteiger partial charge is 0.314 e. The van der Waals surface area contributed by atoms with Crippen LogP contribution in [-0.2, 0) is 6.42 Å². The summed E-state index contributed by atoms with van der Waals surface area (Å²) in [6.07, 6.45) is 2.33. The molecule has 1 nitrogen and oxygen atoms in total. The van der Waals surface area contributed by atoms with Crippen molar-refractivity contribution >= 4 is 0 Å².